The summed E-state index contributed by atoms with van der Waals surface area (Å²) in [6.07, 6.45) is 11.8. The number of benzene rings is 3. The van der Waals surface area contributed by atoms with Crippen molar-refractivity contribution < 1.29 is 9.53 Å². The van der Waals surface area contributed by atoms with Gasteiger partial charge in [-0.1, -0.05) is 98.3 Å². The highest BCUT2D eigenvalue weighted by atomic mass is 35.5. The van der Waals surface area contributed by atoms with Gasteiger partial charge in [0.2, 0.25) is 5.91 Å². The van der Waals surface area contributed by atoms with Crippen LogP contribution in [0.5, 0.6) is 5.88 Å². The van der Waals surface area contributed by atoms with Gasteiger partial charge in [-0.15, -0.1) is 0 Å². The van der Waals surface area contributed by atoms with Crippen LogP contribution in [0.4, 0.5) is 11.5 Å². The highest BCUT2D eigenvalue weighted by Crippen LogP contribution is 2.43. The van der Waals surface area contributed by atoms with E-state index in [0.717, 1.165) is 62.4 Å². The van der Waals surface area contributed by atoms with E-state index < -0.39 is 0 Å². The number of nitrogen functional groups attached to an aromatic ring is 1. The highest BCUT2D eigenvalue weighted by molar-refractivity contribution is 6.29. The van der Waals surface area contributed by atoms with Crippen molar-refractivity contribution in [3.63, 3.8) is 0 Å². The Kier molecular flexibility index (Phi) is 12.5. The van der Waals surface area contributed by atoms with Gasteiger partial charge in [-0.3, -0.25) is 9.69 Å². The lowest BCUT2D eigenvalue weighted by atomic mass is 10.0. The first-order valence-corrected chi connectivity index (χ1v) is 19.7. The summed E-state index contributed by atoms with van der Waals surface area (Å²) in [7, 11) is 0. The molecule has 55 heavy (non-hydrogen) atoms. The van der Waals surface area contributed by atoms with Crippen LogP contribution in [0.25, 0.3) is 22.4 Å². The van der Waals surface area contributed by atoms with Crippen LogP contribution < -0.4 is 20.7 Å². The largest absolute Gasteiger partial charge is 0.470 e. The van der Waals surface area contributed by atoms with Crippen LogP contribution in [0.3, 0.4) is 0 Å². The number of unbranched alkanes of at least 4 members (excludes halogenated alkanes) is 6. The molecule has 1 amide bonds. The minimum atomic E-state index is -0.0529. The molecule has 0 unspecified atom stereocenters. The number of nitrogens with two attached hydrogens (primary N) is 1. The summed E-state index contributed by atoms with van der Waals surface area (Å²) in [6.45, 7) is 5.01. The van der Waals surface area contributed by atoms with Gasteiger partial charge in [0.25, 0.3) is 5.88 Å². The van der Waals surface area contributed by atoms with E-state index in [4.69, 9.17) is 22.1 Å². The number of carbonyl (C=O) groups excluding carboxylic acids is 1. The fourth-order valence-electron chi connectivity index (χ4n) is 7.63. The number of rotatable bonds is 16. The van der Waals surface area contributed by atoms with E-state index in [1.165, 1.54) is 54.4 Å². The lowest BCUT2D eigenvalue weighted by Crippen LogP contribution is -2.46. The van der Waals surface area contributed by atoms with E-state index in [-0.39, 0.29) is 30.3 Å². The number of nitrogens with zero attached hydrogens (tertiary/aromatic N) is 6. The third-order valence-electron chi connectivity index (χ3n) is 10.6. The molecular weight excluding hydrogens is 708 g/mol. The van der Waals surface area contributed by atoms with Crippen LogP contribution in [0.1, 0.15) is 79.7 Å². The van der Waals surface area contributed by atoms with Crippen molar-refractivity contribution in [3.05, 3.63) is 119 Å². The van der Waals surface area contributed by atoms with E-state index in [2.05, 4.69) is 84.7 Å². The molecule has 7 rings (SSSR count). The van der Waals surface area contributed by atoms with Gasteiger partial charge in [-0.25, -0.2) is 15.0 Å². The summed E-state index contributed by atoms with van der Waals surface area (Å²) in [5.41, 5.74) is 14.6. The fourth-order valence-corrected chi connectivity index (χ4v) is 7.83. The van der Waals surface area contributed by atoms with E-state index >= 15 is 0 Å². The zero-order valence-electron chi connectivity index (χ0n) is 31.1. The number of nitriles is 1. The summed E-state index contributed by atoms with van der Waals surface area (Å²) in [6, 6.07) is 28.5. The van der Waals surface area contributed by atoms with Gasteiger partial charge < -0.3 is 20.7 Å². The molecule has 3 heterocycles. The van der Waals surface area contributed by atoms with Crippen molar-refractivity contribution in [2.24, 2.45) is 0 Å². The van der Waals surface area contributed by atoms with Crippen molar-refractivity contribution in [3.8, 4) is 34.3 Å². The van der Waals surface area contributed by atoms with E-state index in [1.807, 2.05) is 24.3 Å². The van der Waals surface area contributed by atoms with Crippen LogP contribution in [-0.2, 0) is 11.4 Å². The Labute approximate surface area is 328 Å². The van der Waals surface area contributed by atoms with Gasteiger partial charge in [0, 0.05) is 44.4 Å². The number of anilines is 2. The molecule has 0 radical (unpaired) electrons. The Morgan fingerprint density at radius 3 is 2.27 bits per heavy atom. The molecule has 0 saturated carbocycles. The van der Waals surface area contributed by atoms with Crippen LogP contribution in [0.2, 0.25) is 5.15 Å². The first kappa shape index (κ1) is 37.8. The van der Waals surface area contributed by atoms with E-state index in [9.17, 15) is 10.1 Å². The number of halogens is 1. The fraction of sp³-hybridized carbons (Fsp3) is 0.341. The molecule has 2 aromatic heterocycles. The molecule has 2 aliphatic rings. The molecule has 0 bridgehead atoms. The predicted molar refractivity (Wildman–Crippen MR) is 218 cm³/mol. The first-order valence-electron chi connectivity index (χ1n) is 19.3. The summed E-state index contributed by atoms with van der Waals surface area (Å²) >= 11 is 5.99. The number of ether oxygens (including phenoxy) is 1. The molecule has 0 spiro atoms. The first-order chi connectivity index (χ1) is 27.0. The Hall–Kier alpha value is -5.50. The van der Waals surface area contributed by atoms with Crippen LogP contribution >= 0.6 is 11.6 Å². The monoisotopic (exact) mass is 754 g/mol. The summed E-state index contributed by atoms with van der Waals surface area (Å²) < 4.78 is 5.85. The number of pyridine rings is 1. The minimum absolute atomic E-state index is 0.0529. The van der Waals surface area contributed by atoms with Gasteiger partial charge in [-0.2, -0.15) is 5.26 Å². The maximum absolute atomic E-state index is 12.9. The van der Waals surface area contributed by atoms with Gasteiger partial charge in [0.05, 0.1) is 29.2 Å². The number of fused-ring (bicyclic) bond motifs is 3. The normalized spacial score (nSPS) is 13.9. The third-order valence-corrected chi connectivity index (χ3v) is 10.8. The lowest BCUT2D eigenvalue weighted by Gasteiger charge is -2.36. The quantitative estimate of drug-likeness (QED) is 0.0753. The molecule has 11 heteroatoms. The average Bonchev–Trinajstić information content (AvgIpc) is 3.53. The topological polar surface area (TPSA) is 133 Å². The molecular formula is C44H47ClN8O2. The van der Waals surface area contributed by atoms with Crippen molar-refractivity contribution in [1.82, 2.24) is 25.2 Å². The van der Waals surface area contributed by atoms with Gasteiger partial charge >= 0.3 is 0 Å². The Morgan fingerprint density at radius 2 is 1.56 bits per heavy atom. The predicted octanol–water partition coefficient (Wildman–Crippen LogP) is 8.35. The molecule has 10 nitrogen and oxygen atoms in total. The standard InChI is InChI=1S/C44H47ClN8O2/c45-40-26-31(19-20-48-40)30-55-44-43(47)49-29-38(50-44)32-17-18-39(33(27-32)28-46)53-24-22-52(23-25-53)21-11-5-3-1-2-4-6-16-41(54)51-42-36-14-9-7-12-34(36)35-13-8-10-15-37(35)42/h7-10,12-15,17-20,26-27,29,42H,1-6,11,16,21-25,30H2,(H2,47,49)(H,51,54). The van der Waals surface area contributed by atoms with Gasteiger partial charge in [0.1, 0.15) is 17.8 Å². The van der Waals surface area contributed by atoms with Crippen molar-refractivity contribution in [2.75, 3.05) is 43.4 Å². The molecule has 1 fully saturated rings. The van der Waals surface area contributed by atoms with E-state index in [1.54, 1.807) is 18.5 Å². The second kappa shape index (κ2) is 18.2. The molecule has 282 valence electrons. The second-order valence-electron chi connectivity index (χ2n) is 14.3. The van der Waals surface area contributed by atoms with Crippen molar-refractivity contribution in [1.29, 1.82) is 5.26 Å². The van der Waals surface area contributed by atoms with Crippen LogP contribution in [0.15, 0.2) is 91.3 Å². The second-order valence-corrected chi connectivity index (χ2v) is 14.7. The summed E-state index contributed by atoms with van der Waals surface area (Å²) in [4.78, 5) is 30.6. The maximum atomic E-state index is 12.9. The molecule has 1 aliphatic heterocycles. The third kappa shape index (κ3) is 9.42. The lowest BCUT2D eigenvalue weighted by molar-refractivity contribution is -0.121. The summed E-state index contributed by atoms with van der Waals surface area (Å²) in [5.74, 6) is 0.542. The van der Waals surface area contributed by atoms with Gasteiger partial charge in [0.15, 0.2) is 5.82 Å². The smallest absolute Gasteiger partial charge is 0.258 e. The molecule has 1 saturated heterocycles. The number of hydrogen-bond donors (Lipinski definition) is 2. The zero-order chi connectivity index (χ0) is 38.0. The van der Waals surface area contributed by atoms with E-state index in [0.29, 0.717) is 22.8 Å². The highest BCUT2D eigenvalue weighted by Gasteiger charge is 2.29. The number of amides is 1. The van der Waals surface area contributed by atoms with Crippen LogP contribution in [-0.4, -0.2) is 58.5 Å². The average molecular weight is 755 g/mol. The molecule has 0 atom stereocenters. The Morgan fingerprint density at radius 1 is 0.873 bits per heavy atom. The Bertz CT molecular complexity index is 2100. The molecule has 3 aromatic carbocycles. The SMILES string of the molecule is N#Cc1cc(-c2cnc(N)c(OCc3ccnc(Cl)c3)n2)ccc1N1CCN(CCCCCCCCCC(=O)NC2c3ccccc3-c3ccccc32)CC1. The summed E-state index contributed by atoms with van der Waals surface area (Å²) in [5, 5.41) is 13.8. The Balaban J connectivity index is 0.783. The number of aromatic nitrogens is 3. The maximum Gasteiger partial charge on any atom is 0.258 e. The number of nitrogens with one attached hydrogen (secondary N) is 1. The van der Waals surface area contributed by atoms with Crippen LogP contribution in [0, 0.1) is 11.3 Å². The molecule has 5 aromatic rings. The van der Waals surface area contributed by atoms with Crippen molar-refractivity contribution >= 4 is 29.0 Å². The molecule has 1 aliphatic carbocycles. The zero-order valence-corrected chi connectivity index (χ0v) is 31.8. The number of carbonyl (C=O) groups is 1. The number of piperazine rings is 1. The minimum Gasteiger partial charge on any atom is -0.470 e. The van der Waals surface area contributed by atoms with Gasteiger partial charge in [-0.05, 0) is 71.5 Å². The number of hydrogen-bond acceptors (Lipinski definition) is 9. The molecule has 3 N–H and O–H groups in total. The van der Waals surface area contributed by atoms with Crippen molar-refractivity contribution in [2.45, 2.75) is 64.0 Å².